The fourth-order valence-electron chi connectivity index (χ4n) is 1.73. The number of halogens is 2. The fraction of sp³-hybridized carbons (Fsp3) is 0. The van der Waals surface area contributed by atoms with E-state index < -0.39 is 5.97 Å². The molecular weight excluding hydrogens is 299 g/mol. The van der Waals surface area contributed by atoms with Crippen molar-refractivity contribution in [3.05, 3.63) is 63.6 Å². The number of aromatic hydroxyl groups is 1. The molecule has 0 bridgehead atoms. The Hall–Kier alpha value is -1.97. The number of benzene rings is 2. The van der Waals surface area contributed by atoms with E-state index in [1.807, 2.05) is 0 Å². The summed E-state index contributed by atoms with van der Waals surface area (Å²) < 4.78 is 0. The van der Waals surface area contributed by atoms with Crippen LogP contribution in [0.1, 0.15) is 11.1 Å². The van der Waals surface area contributed by atoms with Crippen molar-refractivity contribution in [3.63, 3.8) is 0 Å². The molecule has 0 aliphatic carbocycles. The second-order valence-corrected chi connectivity index (χ2v) is 4.89. The molecule has 0 spiro atoms. The second kappa shape index (κ2) is 5.99. The van der Waals surface area contributed by atoms with E-state index in [1.165, 1.54) is 24.3 Å². The smallest absolute Gasteiger partial charge is 0.336 e. The Kier molecular flexibility index (Phi) is 4.32. The zero-order valence-corrected chi connectivity index (χ0v) is 11.7. The monoisotopic (exact) mass is 308 g/mol. The fourth-order valence-corrected chi connectivity index (χ4v) is 2.19. The van der Waals surface area contributed by atoms with Gasteiger partial charge in [0.2, 0.25) is 0 Å². The molecule has 0 aliphatic rings. The third-order valence-electron chi connectivity index (χ3n) is 2.69. The summed E-state index contributed by atoms with van der Waals surface area (Å²) in [4.78, 5) is 11.4. The van der Waals surface area contributed by atoms with Crippen molar-refractivity contribution in [1.82, 2.24) is 0 Å². The van der Waals surface area contributed by atoms with Crippen molar-refractivity contribution < 1.29 is 15.0 Å². The molecule has 0 fully saturated rings. The standard InChI is InChI=1S/C15H10Cl2O3/c16-10-6-5-9(13(17)8-10)7-12(15(19)20)11-3-1-2-4-14(11)18/h1-8,18H,(H,19,20)/b12-7+. The van der Waals surface area contributed by atoms with Crippen LogP contribution in [-0.4, -0.2) is 16.2 Å². The lowest BCUT2D eigenvalue weighted by atomic mass is 10.0. The van der Waals surface area contributed by atoms with Crippen LogP contribution in [-0.2, 0) is 4.79 Å². The van der Waals surface area contributed by atoms with Crippen molar-refractivity contribution in [1.29, 1.82) is 0 Å². The largest absolute Gasteiger partial charge is 0.507 e. The summed E-state index contributed by atoms with van der Waals surface area (Å²) in [7, 11) is 0. The minimum absolute atomic E-state index is 0.0488. The predicted molar refractivity (Wildman–Crippen MR) is 80.1 cm³/mol. The Balaban J connectivity index is 2.57. The number of hydrogen-bond donors (Lipinski definition) is 2. The molecule has 2 aromatic carbocycles. The molecule has 0 unspecified atom stereocenters. The molecule has 0 saturated carbocycles. The molecule has 0 radical (unpaired) electrons. The topological polar surface area (TPSA) is 57.5 Å². The number of rotatable bonds is 3. The van der Waals surface area contributed by atoms with E-state index in [0.29, 0.717) is 15.6 Å². The van der Waals surface area contributed by atoms with Gasteiger partial charge >= 0.3 is 5.97 Å². The average molecular weight is 309 g/mol. The molecule has 3 nitrogen and oxygen atoms in total. The van der Waals surface area contributed by atoms with Gasteiger partial charge in [0.1, 0.15) is 5.75 Å². The molecule has 2 N–H and O–H groups in total. The minimum atomic E-state index is -1.16. The maximum Gasteiger partial charge on any atom is 0.336 e. The average Bonchev–Trinajstić information content (AvgIpc) is 2.39. The van der Waals surface area contributed by atoms with Gasteiger partial charge in [0.05, 0.1) is 5.57 Å². The van der Waals surface area contributed by atoms with E-state index in [2.05, 4.69) is 0 Å². The normalized spacial score (nSPS) is 11.4. The van der Waals surface area contributed by atoms with E-state index in [1.54, 1.807) is 24.3 Å². The van der Waals surface area contributed by atoms with Gasteiger partial charge in [-0.1, -0.05) is 47.5 Å². The summed E-state index contributed by atoms with van der Waals surface area (Å²) in [5.74, 6) is -1.26. The van der Waals surface area contributed by atoms with Gasteiger partial charge < -0.3 is 10.2 Å². The van der Waals surface area contributed by atoms with Crippen LogP contribution in [0.2, 0.25) is 10.0 Å². The van der Waals surface area contributed by atoms with Crippen LogP contribution in [0.5, 0.6) is 5.75 Å². The van der Waals surface area contributed by atoms with Gasteiger partial charge in [0.25, 0.3) is 0 Å². The van der Waals surface area contributed by atoms with E-state index in [4.69, 9.17) is 23.2 Å². The molecule has 102 valence electrons. The number of hydrogen-bond acceptors (Lipinski definition) is 2. The maximum absolute atomic E-state index is 11.4. The Morgan fingerprint density at radius 1 is 1.10 bits per heavy atom. The van der Waals surface area contributed by atoms with Gasteiger partial charge in [-0.2, -0.15) is 0 Å². The highest BCUT2D eigenvalue weighted by Gasteiger charge is 2.14. The first kappa shape index (κ1) is 14.4. The van der Waals surface area contributed by atoms with E-state index in [-0.39, 0.29) is 16.9 Å². The molecule has 0 amide bonds. The van der Waals surface area contributed by atoms with Crippen LogP contribution in [0.3, 0.4) is 0 Å². The predicted octanol–water partition coefficient (Wildman–Crippen LogP) is 4.32. The molecule has 5 heteroatoms. The van der Waals surface area contributed by atoms with E-state index in [0.717, 1.165) is 0 Å². The van der Waals surface area contributed by atoms with Crippen LogP contribution in [0, 0.1) is 0 Å². The van der Waals surface area contributed by atoms with Crippen LogP contribution in [0.15, 0.2) is 42.5 Å². The molecule has 0 atom stereocenters. The number of carboxylic acid groups (broad SMARTS) is 1. The minimum Gasteiger partial charge on any atom is -0.507 e. The molecule has 2 rings (SSSR count). The molecule has 2 aromatic rings. The molecule has 20 heavy (non-hydrogen) atoms. The maximum atomic E-state index is 11.4. The molecular formula is C15H10Cl2O3. The van der Waals surface area contributed by atoms with Crippen molar-refractivity contribution >= 4 is 40.8 Å². The van der Waals surface area contributed by atoms with Crippen molar-refractivity contribution in [2.75, 3.05) is 0 Å². The van der Waals surface area contributed by atoms with Crippen LogP contribution >= 0.6 is 23.2 Å². The van der Waals surface area contributed by atoms with E-state index in [9.17, 15) is 15.0 Å². The van der Waals surface area contributed by atoms with Crippen LogP contribution < -0.4 is 0 Å². The summed E-state index contributed by atoms with van der Waals surface area (Å²) in [5.41, 5.74) is 0.690. The van der Waals surface area contributed by atoms with Gasteiger partial charge in [-0.05, 0) is 29.8 Å². The quantitative estimate of drug-likeness (QED) is 0.655. The Bertz CT molecular complexity index is 693. The summed E-state index contributed by atoms with van der Waals surface area (Å²) in [6.45, 7) is 0. The van der Waals surface area contributed by atoms with Crippen LogP contribution in [0.4, 0.5) is 0 Å². The third-order valence-corrected chi connectivity index (χ3v) is 3.25. The first-order chi connectivity index (χ1) is 9.49. The van der Waals surface area contributed by atoms with Gasteiger partial charge in [0.15, 0.2) is 0 Å². The lowest BCUT2D eigenvalue weighted by Gasteiger charge is -2.06. The molecule has 0 aromatic heterocycles. The van der Waals surface area contributed by atoms with Crippen LogP contribution in [0.25, 0.3) is 11.6 Å². The van der Waals surface area contributed by atoms with E-state index >= 15 is 0 Å². The number of aliphatic carboxylic acids is 1. The SMILES string of the molecule is O=C(O)/C(=C/c1ccc(Cl)cc1Cl)c1ccccc1O. The zero-order valence-electron chi connectivity index (χ0n) is 10.2. The molecule has 0 heterocycles. The number of carboxylic acids is 1. The number of phenols is 1. The zero-order chi connectivity index (χ0) is 14.7. The first-order valence-electron chi connectivity index (χ1n) is 5.67. The van der Waals surface area contributed by atoms with Gasteiger partial charge in [-0.3, -0.25) is 0 Å². The number of phenolic OH excluding ortho intramolecular Hbond substituents is 1. The Morgan fingerprint density at radius 2 is 1.80 bits per heavy atom. The summed E-state index contributed by atoms with van der Waals surface area (Å²) in [6, 6.07) is 11.0. The first-order valence-corrected chi connectivity index (χ1v) is 6.43. The highest BCUT2D eigenvalue weighted by Crippen LogP contribution is 2.29. The second-order valence-electron chi connectivity index (χ2n) is 4.05. The summed E-state index contributed by atoms with van der Waals surface area (Å²) in [6.07, 6.45) is 1.40. The Morgan fingerprint density at radius 3 is 2.40 bits per heavy atom. The highest BCUT2D eigenvalue weighted by molar-refractivity contribution is 6.36. The third kappa shape index (κ3) is 3.13. The Labute approximate surface area is 125 Å². The lowest BCUT2D eigenvalue weighted by molar-refractivity contribution is -0.130. The van der Waals surface area contributed by atoms with Crippen molar-refractivity contribution in [3.8, 4) is 5.75 Å². The van der Waals surface area contributed by atoms with Gasteiger partial charge in [-0.15, -0.1) is 0 Å². The number of para-hydroxylation sites is 1. The number of carbonyl (C=O) groups is 1. The summed E-state index contributed by atoms with van der Waals surface area (Å²) >= 11 is 11.8. The van der Waals surface area contributed by atoms with Gasteiger partial charge in [0, 0.05) is 15.6 Å². The highest BCUT2D eigenvalue weighted by atomic mass is 35.5. The van der Waals surface area contributed by atoms with Gasteiger partial charge in [-0.25, -0.2) is 4.79 Å². The van der Waals surface area contributed by atoms with Crippen molar-refractivity contribution in [2.24, 2.45) is 0 Å². The molecule has 0 saturated heterocycles. The molecule has 0 aliphatic heterocycles. The summed E-state index contributed by atoms with van der Waals surface area (Å²) in [5, 5.41) is 19.9. The lowest BCUT2D eigenvalue weighted by Crippen LogP contribution is -2.00. The van der Waals surface area contributed by atoms with Crippen molar-refractivity contribution in [2.45, 2.75) is 0 Å².